The summed E-state index contributed by atoms with van der Waals surface area (Å²) in [5, 5.41) is 3.00. The van der Waals surface area contributed by atoms with Crippen molar-refractivity contribution in [3.05, 3.63) is 59.4 Å². The molecule has 0 aromatic heterocycles. The number of ether oxygens (including phenoxy) is 1. The quantitative estimate of drug-likeness (QED) is 0.879. The van der Waals surface area contributed by atoms with Gasteiger partial charge in [-0.3, -0.25) is 0 Å². The highest BCUT2D eigenvalue weighted by atomic mass is 19.1. The number of halogens is 1. The Labute approximate surface area is 113 Å². The monoisotopic (exact) mass is 259 g/mol. The fraction of sp³-hybridized carbons (Fsp3) is 0.250. The van der Waals surface area contributed by atoms with Crippen LogP contribution in [-0.2, 0) is 13.0 Å². The lowest BCUT2D eigenvalue weighted by Crippen LogP contribution is -2.05. The van der Waals surface area contributed by atoms with Crippen LogP contribution in [0.15, 0.2) is 42.5 Å². The molecule has 0 saturated carbocycles. The second kappa shape index (κ2) is 6.34. The minimum absolute atomic E-state index is 0.283. The highest BCUT2D eigenvalue weighted by Crippen LogP contribution is 2.24. The molecule has 2 aromatic carbocycles. The van der Waals surface area contributed by atoms with Gasteiger partial charge < -0.3 is 10.1 Å². The van der Waals surface area contributed by atoms with Crippen LogP contribution >= 0.6 is 0 Å². The van der Waals surface area contributed by atoms with Crippen LogP contribution in [0.1, 0.15) is 18.1 Å². The van der Waals surface area contributed by atoms with Crippen molar-refractivity contribution in [1.82, 2.24) is 5.32 Å². The molecule has 0 saturated heterocycles. The summed E-state index contributed by atoms with van der Waals surface area (Å²) in [7, 11) is 1.83. The third-order valence-electron chi connectivity index (χ3n) is 2.85. The van der Waals surface area contributed by atoms with E-state index in [-0.39, 0.29) is 5.82 Å². The molecule has 0 fully saturated rings. The van der Waals surface area contributed by atoms with Crippen LogP contribution in [0, 0.1) is 5.82 Å². The van der Waals surface area contributed by atoms with Crippen molar-refractivity contribution in [2.75, 3.05) is 7.05 Å². The predicted molar refractivity (Wildman–Crippen MR) is 75.1 cm³/mol. The average molecular weight is 259 g/mol. The zero-order valence-corrected chi connectivity index (χ0v) is 11.2. The number of nitrogens with one attached hydrogen (secondary N) is 1. The molecule has 0 bridgehead atoms. The van der Waals surface area contributed by atoms with Crippen molar-refractivity contribution in [2.24, 2.45) is 0 Å². The van der Waals surface area contributed by atoms with Crippen molar-refractivity contribution < 1.29 is 9.13 Å². The largest absolute Gasteiger partial charge is 0.457 e. The standard InChI is InChI=1S/C16H18FNO/c1-3-12-5-4-6-15(8-12)19-16-9-13(11-18-2)7-14(17)10-16/h4-10,18H,3,11H2,1-2H3. The summed E-state index contributed by atoms with van der Waals surface area (Å²) >= 11 is 0. The maximum Gasteiger partial charge on any atom is 0.130 e. The van der Waals surface area contributed by atoms with Gasteiger partial charge in [0.1, 0.15) is 17.3 Å². The van der Waals surface area contributed by atoms with Crippen molar-refractivity contribution in [3.63, 3.8) is 0 Å². The molecular formula is C16H18FNO. The Bertz CT molecular complexity index is 554. The number of aryl methyl sites for hydroxylation is 1. The Morgan fingerprint density at radius 3 is 2.58 bits per heavy atom. The first kappa shape index (κ1) is 13.6. The van der Waals surface area contributed by atoms with E-state index in [0.29, 0.717) is 12.3 Å². The van der Waals surface area contributed by atoms with Gasteiger partial charge in [-0.15, -0.1) is 0 Å². The van der Waals surface area contributed by atoms with Gasteiger partial charge in [0, 0.05) is 12.6 Å². The van der Waals surface area contributed by atoms with E-state index in [9.17, 15) is 4.39 Å². The van der Waals surface area contributed by atoms with Crippen LogP contribution < -0.4 is 10.1 Å². The molecule has 0 aliphatic rings. The summed E-state index contributed by atoms with van der Waals surface area (Å²) in [4.78, 5) is 0. The number of hydrogen-bond acceptors (Lipinski definition) is 2. The molecule has 0 heterocycles. The van der Waals surface area contributed by atoms with Crippen LogP contribution in [-0.4, -0.2) is 7.05 Å². The fourth-order valence-corrected chi connectivity index (χ4v) is 1.95. The van der Waals surface area contributed by atoms with E-state index >= 15 is 0 Å². The number of hydrogen-bond donors (Lipinski definition) is 1. The van der Waals surface area contributed by atoms with E-state index in [1.807, 2.05) is 37.4 Å². The molecule has 19 heavy (non-hydrogen) atoms. The lowest BCUT2D eigenvalue weighted by atomic mass is 10.1. The summed E-state index contributed by atoms with van der Waals surface area (Å²) in [5.74, 6) is 0.980. The summed E-state index contributed by atoms with van der Waals surface area (Å²) < 4.78 is 19.2. The molecule has 0 atom stereocenters. The SMILES string of the molecule is CCc1cccc(Oc2cc(F)cc(CNC)c2)c1. The smallest absolute Gasteiger partial charge is 0.130 e. The van der Waals surface area contributed by atoms with E-state index in [1.54, 1.807) is 0 Å². The topological polar surface area (TPSA) is 21.3 Å². The van der Waals surface area contributed by atoms with Gasteiger partial charge in [-0.2, -0.15) is 0 Å². The van der Waals surface area contributed by atoms with Crippen LogP contribution in [0.5, 0.6) is 11.5 Å². The normalized spacial score (nSPS) is 10.5. The van der Waals surface area contributed by atoms with Gasteiger partial charge in [0.05, 0.1) is 0 Å². The first-order valence-electron chi connectivity index (χ1n) is 6.42. The first-order chi connectivity index (χ1) is 9.21. The molecule has 2 nitrogen and oxygen atoms in total. The molecule has 3 heteroatoms. The van der Waals surface area contributed by atoms with Gasteiger partial charge in [0.25, 0.3) is 0 Å². The minimum Gasteiger partial charge on any atom is -0.457 e. The predicted octanol–water partition coefficient (Wildman–Crippen LogP) is 3.90. The van der Waals surface area contributed by atoms with E-state index < -0.39 is 0 Å². The lowest BCUT2D eigenvalue weighted by molar-refractivity contribution is 0.475. The highest BCUT2D eigenvalue weighted by Gasteiger charge is 2.03. The van der Waals surface area contributed by atoms with Gasteiger partial charge in [-0.05, 0) is 48.9 Å². The maximum atomic E-state index is 13.5. The summed E-state index contributed by atoms with van der Waals surface area (Å²) in [5.41, 5.74) is 2.06. The molecule has 0 radical (unpaired) electrons. The molecule has 1 N–H and O–H groups in total. The zero-order valence-electron chi connectivity index (χ0n) is 11.2. The van der Waals surface area contributed by atoms with Gasteiger partial charge >= 0.3 is 0 Å². The molecule has 0 aliphatic carbocycles. The minimum atomic E-state index is -0.283. The summed E-state index contributed by atoms with van der Waals surface area (Å²) in [6.45, 7) is 2.70. The van der Waals surface area contributed by atoms with E-state index in [0.717, 1.165) is 17.7 Å². The molecule has 0 amide bonds. The molecule has 0 aliphatic heterocycles. The number of benzene rings is 2. The molecular weight excluding hydrogens is 241 g/mol. The Kier molecular flexibility index (Phi) is 4.53. The second-order valence-corrected chi connectivity index (χ2v) is 4.43. The Balaban J connectivity index is 2.22. The van der Waals surface area contributed by atoms with Gasteiger partial charge in [0.2, 0.25) is 0 Å². The maximum absolute atomic E-state index is 13.5. The van der Waals surface area contributed by atoms with Crippen molar-refractivity contribution >= 4 is 0 Å². The Hall–Kier alpha value is -1.87. The van der Waals surface area contributed by atoms with Gasteiger partial charge in [0.15, 0.2) is 0 Å². The van der Waals surface area contributed by atoms with Crippen molar-refractivity contribution in [2.45, 2.75) is 19.9 Å². The zero-order chi connectivity index (χ0) is 13.7. The summed E-state index contributed by atoms with van der Waals surface area (Å²) in [6.07, 6.45) is 0.950. The van der Waals surface area contributed by atoms with Crippen LogP contribution in [0.4, 0.5) is 4.39 Å². The van der Waals surface area contributed by atoms with Crippen molar-refractivity contribution in [3.8, 4) is 11.5 Å². The second-order valence-electron chi connectivity index (χ2n) is 4.43. The summed E-state index contributed by atoms with van der Waals surface area (Å²) in [6, 6.07) is 12.6. The van der Waals surface area contributed by atoms with E-state index in [4.69, 9.17) is 4.74 Å². The Morgan fingerprint density at radius 2 is 1.84 bits per heavy atom. The third kappa shape index (κ3) is 3.80. The molecule has 2 rings (SSSR count). The molecule has 0 spiro atoms. The molecule has 2 aromatic rings. The molecule has 100 valence electrons. The van der Waals surface area contributed by atoms with Crippen LogP contribution in [0.25, 0.3) is 0 Å². The first-order valence-corrected chi connectivity index (χ1v) is 6.42. The third-order valence-corrected chi connectivity index (χ3v) is 2.85. The highest BCUT2D eigenvalue weighted by molar-refractivity contribution is 5.36. The van der Waals surface area contributed by atoms with E-state index in [1.165, 1.54) is 17.7 Å². The van der Waals surface area contributed by atoms with Crippen molar-refractivity contribution in [1.29, 1.82) is 0 Å². The molecule has 0 unspecified atom stereocenters. The Morgan fingerprint density at radius 1 is 1.05 bits per heavy atom. The number of rotatable bonds is 5. The van der Waals surface area contributed by atoms with E-state index in [2.05, 4.69) is 12.2 Å². The van der Waals surface area contributed by atoms with Gasteiger partial charge in [-0.25, -0.2) is 4.39 Å². The lowest BCUT2D eigenvalue weighted by Gasteiger charge is -2.09. The fourth-order valence-electron chi connectivity index (χ4n) is 1.95. The van der Waals surface area contributed by atoms with Gasteiger partial charge in [-0.1, -0.05) is 19.1 Å². The van der Waals surface area contributed by atoms with Crippen LogP contribution in [0.2, 0.25) is 0 Å². The van der Waals surface area contributed by atoms with Crippen LogP contribution in [0.3, 0.4) is 0 Å². The average Bonchev–Trinajstić information content (AvgIpc) is 2.38.